The van der Waals surface area contributed by atoms with Crippen LogP contribution in [0.2, 0.25) is 0 Å². The zero-order valence-corrected chi connectivity index (χ0v) is 15.1. The van der Waals surface area contributed by atoms with Gasteiger partial charge in [-0.2, -0.15) is 0 Å². The van der Waals surface area contributed by atoms with Gasteiger partial charge in [0, 0.05) is 36.7 Å². The summed E-state index contributed by atoms with van der Waals surface area (Å²) in [5, 5.41) is 5.05. The van der Waals surface area contributed by atoms with Crippen molar-refractivity contribution < 1.29 is 13.7 Å². The van der Waals surface area contributed by atoms with Crippen molar-refractivity contribution in [3.05, 3.63) is 53.2 Å². The van der Waals surface area contributed by atoms with Gasteiger partial charge in [0.1, 0.15) is 5.82 Å². The number of hydrogen-bond acceptors (Lipinski definition) is 5. The zero-order chi connectivity index (χ0) is 19.0. The Labute approximate surface area is 156 Å². The highest BCUT2D eigenvalue weighted by Gasteiger charge is 2.27. The van der Waals surface area contributed by atoms with Crippen LogP contribution in [0.4, 0.5) is 10.1 Å². The molecule has 6 nitrogen and oxygen atoms in total. The molecule has 0 aliphatic carbocycles. The van der Waals surface area contributed by atoms with Crippen LogP contribution < -0.4 is 10.6 Å². The van der Waals surface area contributed by atoms with Gasteiger partial charge in [-0.15, -0.1) is 0 Å². The third kappa shape index (κ3) is 3.13. The molecule has 7 heteroatoms. The number of pyridine rings is 1. The third-order valence-electron chi connectivity index (χ3n) is 5.27. The summed E-state index contributed by atoms with van der Waals surface area (Å²) in [6.07, 6.45) is 4.11. The molecule has 3 heterocycles. The number of anilines is 1. The van der Waals surface area contributed by atoms with Gasteiger partial charge in [-0.1, -0.05) is 12.1 Å². The largest absolute Gasteiger partial charge is 0.371 e. The summed E-state index contributed by atoms with van der Waals surface area (Å²) in [6, 6.07) is 6.38. The first kappa shape index (κ1) is 17.5. The molecule has 0 atom stereocenters. The van der Waals surface area contributed by atoms with Gasteiger partial charge in [-0.05, 0) is 37.5 Å². The van der Waals surface area contributed by atoms with Gasteiger partial charge >= 0.3 is 0 Å². The molecule has 27 heavy (non-hydrogen) atoms. The summed E-state index contributed by atoms with van der Waals surface area (Å²) in [7, 11) is 0. The first-order chi connectivity index (χ1) is 13.1. The van der Waals surface area contributed by atoms with Crippen molar-refractivity contribution in [1.82, 2.24) is 10.1 Å². The lowest BCUT2D eigenvalue weighted by molar-refractivity contribution is 0.0999. The number of carbonyl (C=O) groups excluding carboxylic acids is 1. The van der Waals surface area contributed by atoms with Crippen LogP contribution in [-0.4, -0.2) is 29.1 Å². The normalized spacial score (nSPS) is 15.4. The summed E-state index contributed by atoms with van der Waals surface area (Å²) in [5.74, 6) is -0.539. The average Bonchev–Trinajstić information content (AvgIpc) is 3.10. The van der Waals surface area contributed by atoms with Crippen molar-refractivity contribution in [2.24, 2.45) is 5.73 Å². The van der Waals surface area contributed by atoms with Crippen LogP contribution >= 0.6 is 0 Å². The number of primary amides is 1. The molecule has 3 aromatic rings. The fourth-order valence-electron chi connectivity index (χ4n) is 3.91. The third-order valence-corrected chi connectivity index (χ3v) is 5.27. The number of amides is 1. The van der Waals surface area contributed by atoms with Crippen LogP contribution in [0.3, 0.4) is 0 Å². The van der Waals surface area contributed by atoms with Crippen molar-refractivity contribution in [3.63, 3.8) is 0 Å². The fourth-order valence-corrected chi connectivity index (χ4v) is 3.91. The van der Waals surface area contributed by atoms with E-state index in [9.17, 15) is 9.18 Å². The van der Waals surface area contributed by atoms with Gasteiger partial charge < -0.3 is 15.2 Å². The van der Waals surface area contributed by atoms with E-state index in [4.69, 9.17) is 10.3 Å². The lowest BCUT2D eigenvalue weighted by Crippen LogP contribution is -2.35. The van der Waals surface area contributed by atoms with Crippen LogP contribution in [0.25, 0.3) is 11.0 Å². The number of halogens is 1. The maximum Gasteiger partial charge on any atom is 0.252 e. The molecule has 4 rings (SSSR count). The molecule has 2 N–H and O–H groups in total. The molecule has 1 aliphatic heterocycles. The number of rotatable bonds is 4. The number of aryl methyl sites for hydroxylation is 1. The van der Waals surface area contributed by atoms with Crippen molar-refractivity contribution in [3.8, 4) is 0 Å². The number of fused-ring (bicyclic) bond motifs is 1. The maximum absolute atomic E-state index is 13.4. The summed E-state index contributed by atoms with van der Waals surface area (Å²) >= 11 is 0. The Kier molecular flexibility index (Phi) is 4.51. The van der Waals surface area contributed by atoms with E-state index in [0.717, 1.165) is 48.4 Å². The molecular weight excluding hydrogens is 347 g/mol. The molecule has 0 radical (unpaired) electrons. The van der Waals surface area contributed by atoms with Crippen molar-refractivity contribution in [1.29, 1.82) is 0 Å². The van der Waals surface area contributed by atoms with E-state index in [-0.39, 0.29) is 11.7 Å². The zero-order valence-electron chi connectivity index (χ0n) is 15.1. The summed E-state index contributed by atoms with van der Waals surface area (Å²) < 4.78 is 18.7. The van der Waals surface area contributed by atoms with E-state index in [1.54, 1.807) is 12.3 Å². The smallest absolute Gasteiger partial charge is 0.252 e. The molecule has 1 saturated heterocycles. The standard InChI is InChI=1S/C20H21FN4O2/c1-2-15-18(20(22)26)16(5-8-23-15)25-9-6-12(7-10-25)19-14-4-3-13(21)11-17(14)27-24-19/h3-5,8,11-12H,2,6-7,9-10H2,1H3,(H2,22,26). The van der Waals surface area contributed by atoms with Gasteiger partial charge in [0.2, 0.25) is 0 Å². The molecule has 0 spiro atoms. The number of nitrogens with zero attached hydrogens (tertiary/aromatic N) is 3. The predicted molar refractivity (Wildman–Crippen MR) is 100 cm³/mol. The van der Waals surface area contributed by atoms with E-state index in [2.05, 4.69) is 15.0 Å². The van der Waals surface area contributed by atoms with Gasteiger partial charge in [-0.25, -0.2) is 4.39 Å². The maximum atomic E-state index is 13.4. The Morgan fingerprint density at radius 1 is 1.33 bits per heavy atom. The second-order valence-corrected chi connectivity index (χ2v) is 6.84. The quantitative estimate of drug-likeness (QED) is 0.763. The van der Waals surface area contributed by atoms with E-state index >= 15 is 0 Å². The summed E-state index contributed by atoms with van der Waals surface area (Å²) in [5.41, 5.74) is 9.06. The highest BCUT2D eigenvalue weighted by molar-refractivity contribution is 5.99. The van der Waals surface area contributed by atoms with E-state index in [1.165, 1.54) is 12.1 Å². The van der Waals surface area contributed by atoms with Crippen LogP contribution in [0, 0.1) is 5.82 Å². The topological polar surface area (TPSA) is 85.2 Å². The molecule has 140 valence electrons. The predicted octanol–water partition coefficient (Wildman–Crippen LogP) is 3.41. The van der Waals surface area contributed by atoms with Gasteiger partial charge in [0.25, 0.3) is 5.91 Å². The minimum Gasteiger partial charge on any atom is -0.371 e. The molecule has 1 fully saturated rings. The lowest BCUT2D eigenvalue weighted by atomic mass is 9.91. The van der Waals surface area contributed by atoms with Crippen LogP contribution in [0.15, 0.2) is 35.0 Å². The number of aromatic nitrogens is 2. The number of piperidine rings is 1. The van der Waals surface area contributed by atoms with Crippen molar-refractivity contribution in [2.45, 2.75) is 32.1 Å². The van der Waals surface area contributed by atoms with Crippen LogP contribution in [0.5, 0.6) is 0 Å². The Balaban J connectivity index is 1.57. The van der Waals surface area contributed by atoms with Crippen molar-refractivity contribution in [2.75, 3.05) is 18.0 Å². The first-order valence-corrected chi connectivity index (χ1v) is 9.16. The van der Waals surface area contributed by atoms with Crippen molar-refractivity contribution >= 4 is 22.6 Å². The first-order valence-electron chi connectivity index (χ1n) is 9.16. The SMILES string of the molecule is CCc1nccc(N2CCC(c3noc4cc(F)ccc34)CC2)c1C(N)=O. The minimum atomic E-state index is -0.443. The Bertz CT molecular complexity index is 993. The Morgan fingerprint density at radius 3 is 2.81 bits per heavy atom. The van der Waals surface area contributed by atoms with Gasteiger partial charge in [0.15, 0.2) is 5.58 Å². The summed E-state index contributed by atoms with van der Waals surface area (Å²) in [6.45, 7) is 3.50. The molecule has 1 aromatic carbocycles. The second kappa shape index (κ2) is 6.98. The van der Waals surface area contributed by atoms with E-state index in [1.807, 2.05) is 13.0 Å². The van der Waals surface area contributed by atoms with Crippen LogP contribution in [-0.2, 0) is 6.42 Å². The molecule has 0 unspecified atom stereocenters. The Morgan fingerprint density at radius 2 is 2.11 bits per heavy atom. The number of carbonyl (C=O) groups is 1. The van der Waals surface area contributed by atoms with Crippen LogP contribution in [0.1, 0.15) is 47.4 Å². The minimum absolute atomic E-state index is 0.234. The summed E-state index contributed by atoms with van der Waals surface area (Å²) in [4.78, 5) is 18.4. The molecular formula is C20H21FN4O2. The van der Waals surface area contributed by atoms with Gasteiger partial charge in [0.05, 0.1) is 22.6 Å². The number of hydrogen-bond donors (Lipinski definition) is 1. The Hall–Kier alpha value is -2.96. The molecule has 2 aromatic heterocycles. The average molecular weight is 368 g/mol. The second-order valence-electron chi connectivity index (χ2n) is 6.84. The molecule has 0 saturated carbocycles. The molecule has 1 aliphatic rings. The molecule has 1 amide bonds. The van der Waals surface area contributed by atoms with E-state index in [0.29, 0.717) is 17.6 Å². The number of nitrogens with two attached hydrogens (primary N) is 1. The highest BCUT2D eigenvalue weighted by atomic mass is 19.1. The molecule has 0 bridgehead atoms. The fraction of sp³-hybridized carbons (Fsp3) is 0.350. The van der Waals surface area contributed by atoms with E-state index < -0.39 is 5.91 Å². The highest BCUT2D eigenvalue weighted by Crippen LogP contribution is 2.35. The number of benzene rings is 1. The monoisotopic (exact) mass is 368 g/mol. The van der Waals surface area contributed by atoms with Gasteiger partial charge in [-0.3, -0.25) is 9.78 Å². The lowest BCUT2D eigenvalue weighted by Gasteiger charge is -2.34.